The average molecular weight is 213 g/mol. The van der Waals surface area contributed by atoms with Gasteiger partial charge in [-0.2, -0.15) is 11.3 Å². The van der Waals surface area contributed by atoms with Crippen molar-refractivity contribution in [1.82, 2.24) is 10.3 Å². The van der Waals surface area contributed by atoms with Crippen LogP contribution in [0.3, 0.4) is 0 Å². The summed E-state index contributed by atoms with van der Waals surface area (Å²) < 4.78 is 0. The number of nitrogens with one attached hydrogen (secondary N) is 1. The Kier molecular flexibility index (Phi) is 3.61. The Bertz CT molecular complexity index is 323. The molecule has 0 spiro atoms. The minimum absolute atomic E-state index is 0.412. The summed E-state index contributed by atoms with van der Waals surface area (Å²) in [4.78, 5) is 23.4. The summed E-state index contributed by atoms with van der Waals surface area (Å²) in [5.74, 6) is 3.40. The van der Waals surface area contributed by atoms with Gasteiger partial charge >= 0.3 is 11.8 Å². The third kappa shape index (κ3) is 2.54. The van der Waals surface area contributed by atoms with E-state index < -0.39 is 11.8 Å². The van der Waals surface area contributed by atoms with E-state index in [4.69, 9.17) is 5.84 Å². The van der Waals surface area contributed by atoms with Gasteiger partial charge in [-0.15, -0.1) is 0 Å². The van der Waals surface area contributed by atoms with Crippen LogP contribution in [0, 0.1) is 0 Å². The van der Waals surface area contributed by atoms with Crippen LogP contribution in [-0.4, -0.2) is 23.8 Å². The van der Waals surface area contributed by atoms with Gasteiger partial charge in [-0.25, -0.2) is 5.84 Å². The van der Waals surface area contributed by atoms with Crippen molar-refractivity contribution in [2.24, 2.45) is 5.84 Å². The van der Waals surface area contributed by atoms with Gasteiger partial charge < -0.3 is 4.90 Å². The maximum atomic E-state index is 11.2. The van der Waals surface area contributed by atoms with Crippen LogP contribution < -0.4 is 11.3 Å². The normalized spacial score (nSPS) is 9.57. The van der Waals surface area contributed by atoms with E-state index in [0.717, 1.165) is 5.56 Å². The van der Waals surface area contributed by atoms with Gasteiger partial charge in [-0.05, 0) is 22.4 Å². The predicted molar refractivity (Wildman–Crippen MR) is 53.1 cm³/mol. The van der Waals surface area contributed by atoms with Crippen LogP contribution in [-0.2, 0) is 16.1 Å². The Labute approximate surface area is 85.5 Å². The molecule has 2 amide bonds. The van der Waals surface area contributed by atoms with Gasteiger partial charge in [0.2, 0.25) is 0 Å². The molecule has 0 aliphatic heterocycles. The molecule has 0 aliphatic carbocycles. The van der Waals surface area contributed by atoms with Crippen LogP contribution in [0.25, 0.3) is 0 Å². The number of carbonyl (C=O) groups excluding carboxylic acids is 2. The number of hydrogen-bond acceptors (Lipinski definition) is 4. The highest BCUT2D eigenvalue weighted by Crippen LogP contribution is 2.08. The highest BCUT2D eigenvalue weighted by molar-refractivity contribution is 7.07. The Morgan fingerprint density at radius 1 is 1.64 bits per heavy atom. The molecule has 6 heteroatoms. The van der Waals surface area contributed by atoms with Crippen molar-refractivity contribution in [2.75, 3.05) is 7.05 Å². The molecule has 0 fully saturated rings. The van der Waals surface area contributed by atoms with Crippen LogP contribution in [0.15, 0.2) is 16.8 Å². The van der Waals surface area contributed by atoms with E-state index in [2.05, 4.69) is 0 Å². The van der Waals surface area contributed by atoms with Crippen molar-refractivity contribution in [3.05, 3.63) is 22.4 Å². The van der Waals surface area contributed by atoms with Gasteiger partial charge in [0.25, 0.3) is 0 Å². The average Bonchev–Trinajstić information content (AvgIpc) is 2.68. The summed E-state index contributed by atoms with van der Waals surface area (Å²) in [6.45, 7) is 0.412. The molecular formula is C8H11N3O2S. The summed E-state index contributed by atoms with van der Waals surface area (Å²) in [5.41, 5.74) is 2.79. The van der Waals surface area contributed by atoms with Gasteiger partial charge in [-0.1, -0.05) is 0 Å². The smallest absolute Gasteiger partial charge is 0.323 e. The van der Waals surface area contributed by atoms with E-state index >= 15 is 0 Å². The molecule has 0 saturated carbocycles. The molecule has 0 unspecified atom stereocenters. The molecule has 0 radical (unpaired) electrons. The minimum Gasteiger partial charge on any atom is -0.333 e. The van der Waals surface area contributed by atoms with E-state index in [1.165, 1.54) is 4.90 Å². The van der Waals surface area contributed by atoms with Crippen LogP contribution in [0.1, 0.15) is 5.56 Å². The molecule has 1 aromatic rings. The minimum atomic E-state index is -0.803. The Morgan fingerprint density at radius 2 is 2.36 bits per heavy atom. The maximum absolute atomic E-state index is 11.2. The summed E-state index contributed by atoms with van der Waals surface area (Å²) in [5, 5.41) is 3.83. The lowest BCUT2D eigenvalue weighted by molar-refractivity contribution is -0.145. The number of amides is 2. The van der Waals surface area contributed by atoms with E-state index in [0.29, 0.717) is 6.54 Å². The Hall–Kier alpha value is -1.40. The highest BCUT2D eigenvalue weighted by Gasteiger charge is 2.17. The third-order valence-corrected chi connectivity index (χ3v) is 2.40. The first-order chi connectivity index (χ1) is 6.65. The van der Waals surface area contributed by atoms with Crippen LogP contribution in [0.2, 0.25) is 0 Å². The number of thiophene rings is 1. The molecule has 0 aliphatic rings. The number of nitrogens with two attached hydrogens (primary N) is 1. The SMILES string of the molecule is CN(Cc1ccsc1)C(=O)C(=O)NN. The number of likely N-dealkylation sites (N-methyl/N-ethyl adjacent to an activating group) is 1. The molecule has 1 rings (SSSR count). The monoisotopic (exact) mass is 213 g/mol. The quantitative estimate of drug-likeness (QED) is 0.306. The second-order valence-corrected chi connectivity index (χ2v) is 3.55. The number of carbonyl (C=O) groups is 2. The molecule has 0 atom stereocenters. The standard InChI is InChI=1S/C8H11N3O2S/c1-11(8(13)7(12)10-9)4-6-2-3-14-5-6/h2-3,5H,4,9H2,1H3,(H,10,12). The lowest BCUT2D eigenvalue weighted by atomic mass is 10.3. The van der Waals surface area contributed by atoms with Gasteiger partial charge in [0.05, 0.1) is 0 Å². The Morgan fingerprint density at radius 3 is 2.86 bits per heavy atom. The molecule has 5 nitrogen and oxygen atoms in total. The zero-order valence-electron chi connectivity index (χ0n) is 7.69. The zero-order valence-corrected chi connectivity index (χ0v) is 8.50. The van der Waals surface area contributed by atoms with E-state index in [1.807, 2.05) is 16.8 Å². The number of hydrogen-bond donors (Lipinski definition) is 2. The number of hydrazine groups is 1. The van der Waals surface area contributed by atoms with Crippen LogP contribution in [0.4, 0.5) is 0 Å². The van der Waals surface area contributed by atoms with Crippen molar-refractivity contribution in [2.45, 2.75) is 6.54 Å². The Balaban J connectivity index is 2.54. The van der Waals surface area contributed by atoms with Crippen molar-refractivity contribution >= 4 is 23.2 Å². The van der Waals surface area contributed by atoms with Gasteiger partial charge in [0, 0.05) is 13.6 Å². The second kappa shape index (κ2) is 4.73. The molecule has 0 saturated heterocycles. The van der Waals surface area contributed by atoms with Crippen molar-refractivity contribution in [3.8, 4) is 0 Å². The molecule has 0 bridgehead atoms. The number of nitrogens with zero attached hydrogens (tertiary/aromatic N) is 1. The molecule has 0 aromatic carbocycles. The molecule has 76 valence electrons. The fourth-order valence-corrected chi connectivity index (χ4v) is 1.62. The van der Waals surface area contributed by atoms with Gasteiger partial charge in [-0.3, -0.25) is 15.0 Å². The van der Waals surface area contributed by atoms with Gasteiger partial charge in [0.1, 0.15) is 0 Å². The van der Waals surface area contributed by atoms with E-state index in [9.17, 15) is 9.59 Å². The summed E-state index contributed by atoms with van der Waals surface area (Å²) in [6, 6.07) is 1.90. The molecule has 1 aromatic heterocycles. The van der Waals surface area contributed by atoms with Gasteiger partial charge in [0.15, 0.2) is 0 Å². The highest BCUT2D eigenvalue weighted by atomic mass is 32.1. The van der Waals surface area contributed by atoms with Crippen molar-refractivity contribution in [3.63, 3.8) is 0 Å². The predicted octanol–water partition coefficient (Wildman–Crippen LogP) is -0.304. The number of rotatable bonds is 2. The largest absolute Gasteiger partial charge is 0.333 e. The molecule has 1 heterocycles. The first-order valence-corrected chi connectivity index (χ1v) is 4.86. The first kappa shape index (κ1) is 10.7. The lowest BCUT2D eigenvalue weighted by Crippen LogP contribution is -2.43. The first-order valence-electron chi connectivity index (χ1n) is 3.92. The molecule has 3 N–H and O–H groups in total. The summed E-state index contributed by atoms with van der Waals surface area (Å²) >= 11 is 1.54. The van der Waals surface area contributed by atoms with Crippen LogP contribution in [0.5, 0.6) is 0 Å². The second-order valence-electron chi connectivity index (χ2n) is 2.77. The fraction of sp³-hybridized carbons (Fsp3) is 0.250. The van der Waals surface area contributed by atoms with Crippen LogP contribution >= 0.6 is 11.3 Å². The van der Waals surface area contributed by atoms with E-state index in [-0.39, 0.29) is 0 Å². The maximum Gasteiger partial charge on any atom is 0.323 e. The molecular weight excluding hydrogens is 202 g/mol. The third-order valence-electron chi connectivity index (χ3n) is 1.67. The summed E-state index contributed by atoms with van der Waals surface area (Å²) in [7, 11) is 1.55. The fourth-order valence-electron chi connectivity index (χ4n) is 0.963. The van der Waals surface area contributed by atoms with Crippen molar-refractivity contribution < 1.29 is 9.59 Å². The topological polar surface area (TPSA) is 75.4 Å². The molecule has 14 heavy (non-hydrogen) atoms. The summed E-state index contributed by atoms with van der Waals surface area (Å²) in [6.07, 6.45) is 0. The zero-order chi connectivity index (χ0) is 10.6. The van der Waals surface area contributed by atoms with E-state index in [1.54, 1.807) is 23.8 Å². The van der Waals surface area contributed by atoms with Crippen molar-refractivity contribution in [1.29, 1.82) is 0 Å². The lowest BCUT2D eigenvalue weighted by Gasteiger charge is -2.14.